The van der Waals surface area contributed by atoms with Gasteiger partial charge in [-0.05, 0) is 52.6 Å². The van der Waals surface area contributed by atoms with Crippen LogP contribution in [0, 0.1) is 0 Å². The van der Waals surface area contributed by atoms with E-state index in [0.717, 1.165) is 45.3 Å². The number of hydrogen-bond acceptors (Lipinski definition) is 4. The van der Waals surface area contributed by atoms with Crippen LogP contribution in [-0.2, 0) is 9.53 Å². The lowest BCUT2D eigenvalue weighted by Crippen LogP contribution is -2.47. The average Bonchev–Trinajstić information content (AvgIpc) is 2.43. The van der Waals surface area contributed by atoms with Crippen molar-refractivity contribution in [2.45, 2.75) is 50.7 Å². The molecular formula is C14H28N2O3. The summed E-state index contributed by atoms with van der Waals surface area (Å²) in [4.78, 5) is 13.6. The number of nitrogens with zero attached hydrogens (tertiary/aromatic N) is 1. The fourth-order valence-electron chi connectivity index (χ4n) is 2.52. The number of carbonyl (C=O) groups is 1. The van der Waals surface area contributed by atoms with Crippen LogP contribution in [0.4, 0.5) is 0 Å². The molecule has 1 aliphatic rings. The van der Waals surface area contributed by atoms with Gasteiger partial charge in [-0.15, -0.1) is 0 Å². The Balaban J connectivity index is 2.16. The van der Waals surface area contributed by atoms with Gasteiger partial charge in [-0.1, -0.05) is 0 Å². The van der Waals surface area contributed by atoms with Crippen molar-refractivity contribution in [2.75, 3.05) is 33.8 Å². The molecule has 0 saturated carbocycles. The summed E-state index contributed by atoms with van der Waals surface area (Å²) in [6.45, 7) is 5.01. The molecule has 1 unspecified atom stereocenters. The van der Waals surface area contributed by atoms with E-state index < -0.39 is 11.5 Å². The first-order valence-electron chi connectivity index (χ1n) is 7.19. The second kappa shape index (κ2) is 7.82. The van der Waals surface area contributed by atoms with Crippen molar-refractivity contribution in [1.82, 2.24) is 10.2 Å². The van der Waals surface area contributed by atoms with Crippen molar-refractivity contribution in [3.63, 3.8) is 0 Å². The quantitative estimate of drug-likeness (QED) is 0.653. The zero-order valence-electron chi connectivity index (χ0n) is 12.4. The van der Waals surface area contributed by atoms with Gasteiger partial charge in [-0.3, -0.25) is 4.79 Å². The minimum atomic E-state index is -0.789. The molecule has 1 aliphatic heterocycles. The third-order valence-corrected chi connectivity index (χ3v) is 4.29. The predicted molar refractivity (Wildman–Crippen MR) is 75.4 cm³/mol. The number of unbranched alkanes of at least 4 members (excludes halogenated alkanes) is 1. The number of likely N-dealkylation sites (N-methyl/N-ethyl adjacent to an activating group) is 1. The molecule has 5 heteroatoms. The molecule has 0 aromatic heterocycles. The molecule has 0 spiro atoms. The van der Waals surface area contributed by atoms with Crippen molar-refractivity contribution in [3.05, 3.63) is 0 Å². The first-order chi connectivity index (χ1) is 9.01. The van der Waals surface area contributed by atoms with Gasteiger partial charge in [0, 0.05) is 20.2 Å². The molecule has 112 valence electrons. The van der Waals surface area contributed by atoms with Gasteiger partial charge in [0.05, 0.1) is 6.10 Å². The Morgan fingerprint density at radius 1 is 1.42 bits per heavy atom. The van der Waals surface area contributed by atoms with E-state index in [2.05, 4.69) is 10.2 Å². The number of carboxylic acid groups (broad SMARTS) is 1. The Labute approximate surface area is 116 Å². The molecule has 1 rings (SSSR count). The van der Waals surface area contributed by atoms with Gasteiger partial charge in [-0.25, -0.2) is 0 Å². The van der Waals surface area contributed by atoms with Crippen molar-refractivity contribution < 1.29 is 14.6 Å². The van der Waals surface area contributed by atoms with Gasteiger partial charge in [0.15, 0.2) is 0 Å². The Morgan fingerprint density at radius 3 is 2.53 bits per heavy atom. The van der Waals surface area contributed by atoms with Crippen LogP contribution in [0.1, 0.15) is 39.0 Å². The minimum Gasteiger partial charge on any atom is -0.480 e. The summed E-state index contributed by atoms with van der Waals surface area (Å²) in [5, 5.41) is 12.1. The molecule has 1 saturated heterocycles. The summed E-state index contributed by atoms with van der Waals surface area (Å²) >= 11 is 0. The van der Waals surface area contributed by atoms with Crippen LogP contribution in [0.3, 0.4) is 0 Å². The molecular weight excluding hydrogens is 244 g/mol. The van der Waals surface area contributed by atoms with Crippen molar-refractivity contribution in [1.29, 1.82) is 0 Å². The summed E-state index contributed by atoms with van der Waals surface area (Å²) in [6, 6.07) is 0. The average molecular weight is 272 g/mol. The van der Waals surface area contributed by atoms with Crippen LogP contribution < -0.4 is 5.32 Å². The number of nitrogens with one attached hydrogen (secondary N) is 1. The van der Waals surface area contributed by atoms with Crippen molar-refractivity contribution >= 4 is 5.97 Å². The van der Waals surface area contributed by atoms with Gasteiger partial charge in [0.2, 0.25) is 0 Å². The summed E-state index contributed by atoms with van der Waals surface area (Å²) in [6.07, 6.45) is 5.32. The molecule has 0 radical (unpaired) electrons. The Morgan fingerprint density at radius 2 is 2.05 bits per heavy atom. The van der Waals surface area contributed by atoms with Crippen LogP contribution in [0.2, 0.25) is 0 Å². The van der Waals surface area contributed by atoms with E-state index in [-0.39, 0.29) is 0 Å². The van der Waals surface area contributed by atoms with Crippen molar-refractivity contribution in [3.8, 4) is 0 Å². The first kappa shape index (κ1) is 16.4. The largest absolute Gasteiger partial charge is 0.480 e. The lowest BCUT2D eigenvalue weighted by molar-refractivity contribution is -0.144. The summed E-state index contributed by atoms with van der Waals surface area (Å²) in [7, 11) is 3.49. The standard InChI is InChI=1S/C14H28N2O3/c1-14(15-2,13(17)18)8-4-5-9-16-10-6-12(19-3)7-11-16/h12,15H,4-11H2,1-3H3,(H,17,18). The van der Waals surface area contributed by atoms with Crippen LogP contribution in [0.5, 0.6) is 0 Å². The predicted octanol–water partition coefficient (Wildman–Crippen LogP) is 1.33. The summed E-state index contributed by atoms with van der Waals surface area (Å²) in [5.74, 6) is -0.768. The topological polar surface area (TPSA) is 61.8 Å². The molecule has 19 heavy (non-hydrogen) atoms. The highest BCUT2D eigenvalue weighted by Gasteiger charge is 2.30. The van der Waals surface area contributed by atoms with E-state index >= 15 is 0 Å². The zero-order valence-corrected chi connectivity index (χ0v) is 12.4. The fourth-order valence-corrected chi connectivity index (χ4v) is 2.52. The van der Waals surface area contributed by atoms with Crippen LogP contribution in [-0.4, -0.2) is 61.4 Å². The Kier molecular flexibility index (Phi) is 6.75. The normalized spacial score (nSPS) is 21.2. The second-order valence-corrected chi connectivity index (χ2v) is 5.62. The maximum atomic E-state index is 11.1. The van der Waals surface area contributed by atoms with Crippen LogP contribution in [0.25, 0.3) is 0 Å². The molecule has 1 atom stereocenters. The molecule has 5 nitrogen and oxygen atoms in total. The highest BCUT2D eigenvalue weighted by Crippen LogP contribution is 2.16. The molecule has 0 bridgehead atoms. The fraction of sp³-hybridized carbons (Fsp3) is 0.929. The molecule has 0 aliphatic carbocycles. The number of likely N-dealkylation sites (tertiary alicyclic amines) is 1. The Hall–Kier alpha value is -0.650. The molecule has 1 fully saturated rings. The third kappa shape index (κ3) is 5.09. The smallest absolute Gasteiger partial charge is 0.323 e. The number of rotatable bonds is 8. The highest BCUT2D eigenvalue weighted by molar-refractivity contribution is 5.78. The van der Waals surface area contributed by atoms with E-state index in [1.54, 1.807) is 21.1 Å². The van der Waals surface area contributed by atoms with Crippen LogP contribution in [0.15, 0.2) is 0 Å². The van der Waals surface area contributed by atoms with Gasteiger partial charge < -0.3 is 20.1 Å². The number of hydrogen-bond donors (Lipinski definition) is 2. The highest BCUT2D eigenvalue weighted by atomic mass is 16.5. The molecule has 0 aromatic rings. The molecule has 0 amide bonds. The number of carboxylic acids is 1. The van der Waals surface area contributed by atoms with E-state index in [9.17, 15) is 4.79 Å². The molecule has 0 aromatic carbocycles. The molecule has 1 heterocycles. The lowest BCUT2D eigenvalue weighted by Gasteiger charge is -2.31. The SMILES string of the molecule is CNC(C)(CCCCN1CCC(OC)CC1)C(=O)O. The van der Waals surface area contributed by atoms with E-state index in [1.807, 2.05) is 0 Å². The van der Waals surface area contributed by atoms with Gasteiger partial charge in [0.1, 0.15) is 5.54 Å². The van der Waals surface area contributed by atoms with Gasteiger partial charge >= 0.3 is 5.97 Å². The van der Waals surface area contributed by atoms with Crippen molar-refractivity contribution in [2.24, 2.45) is 0 Å². The van der Waals surface area contributed by atoms with E-state index in [1.165, 1.54) is 0 Å². The monoisotopic (exact) mass is 272 g/mol. The summed E-state index contributed by atoms with van der Waals surface area (Å²) in [5.41, 5.74) is -0.789. The van der Waals surface area contributed by atoms with E-state index in [0.29, 0.717) is 12.5 Å². The zero-order chi connectivity index (χ0) is 14.3. The van der Waals surface area contributed by atoms with Gasteiger partial charge in [-0.2, -0.15) is 0 Å². The number of piperidine rings is 1. The first-order valence-corrected chi connectivity index (χ1v) is 7.19. The number of methoxy groups -OCH3 is 1. The second-order valence-electron chi connectivity index (χ2n) is 5.62. The lowest BCUT2D eigenvalue weighted by atomic mass is 9.95. The number of ether oxygens (including phenoxy) is 1. The van der Waals surface area contributed by atoms with Gasteiger partial charge in [0.25, 0.3) is 0 Å². The third-order valence-electron chi connectivity index (χ3n) is 4.29. The van der Waals surface area contributed by atoms with E-state index in [4.69, 9.17) is 9.84 Å². The Bertz CT molecular complexity index is 278. The number of aliphatic carboxylic acids is 1. The summed E-state index contributed by atoms with van der Waals surface area (Å²) < 4.78 is 5.35. The maximum absolute atomic E-state index is 11.1. The molecule has 2 N–H and O–H groups in total. The van der Waals surface area contributed by atoms with Crippen LogP contribution >= 0.6 is 0 Å². The maximum Gasteiger partial charge on any atom is 0.323 e. The minimum absolute atomic E-state index is 0.427.